The second-order valence-electron chi connectivity index (χ2n) is 1.89. The number of carbonyl (C=O) groups is 2. The molecule has 0 aliphatic carbocycles. The van der Waals surface area contributed by atoms with Crippen LogP contribution in [0.25, 0.3) is 0 Å². The van der Waals surface area contributed by atoms with Crippen molar-refractivity contribution in [3.63, 3.8) is 0 Å². The molecule has 4 heteroatoms. The fraction of sp³-hybridized carbons (Fsp3) is 0.600. The van der Waals surface area contributed by atoms with Crippen molar-refractivity contribution in [3.05, 3.63) is 0 Å². The Morgan fingerprint density at radius 1 is 1.56 bits per heavy atom. The maximum absolute atomic E-state index is 10.3. The summed E-state index contributed by atoms with van der Waals surface area (Å²) in [5, 5.41) is 0. The highest BCUT2D eigenvalue weighted by atomic mass is 16.1. The third-order valence-electron chi connectivity index (χ3n) is 0.943. The van der Waals surface area contributed by atoms with Crippen LogP contribution in [-0.4, -0.2) is 17.7 Å². The highest BCUT2D eigenvalue weighted by Crippen LogP contribution is 1.86. The fourth-order valence-electron chi connectivity index (χ4n) is 0.360. The number of primary amides is 1. The number of ketones is 1. The monoisotopic (exact) mass is 130 g/mol. The Hall–Kier alpha value is -0.900. The molecule has 0 radical (unpaired) electrons. The van der Waals surface area contributed by atoms with E-state index >= 15 is 0 Å². The summed E-state index contributed by atoms with van der Waals surface area (Å²) in [7, 11) is 0. The third kappa shape index (κ3) is 3.66. The zero-order valence-electron chi connectivity index (χ0n) is 5.26. The number of hydrogen-bond acceptors (Lipinski definition) is 3. The smallest absolute Gasteiger partial charge is 0.219 e. The molecule has 0 fully saturated rings. The summed E-state index contributed by atoms with van der Waals surface area (Å²) < 4.78 is 0. The van der Waals surface area contributed by atoms with Gasteiger partial charge in [0.25, 0.3) is 0 Å². The normalized spacial score (nSPS) is 12.7. The van der Waals surface area contributed by atoms with E-state index in [2.05, 4.69) is 0 Å². The van der Waals surface area contributed by atoms with E-state index in [1.54, 1.807) is 0 Å². The summed E-state index contributed by atoms with van der Waals surface area (Å²) in [5.41, 5.74) is 9.93. The van der Waals surface area contributed by atoms with E-state index in [0.29, 0.717) is 0 Å². The van der Waals surface area contributed by atoms with Gasteiger partial charge in [0.2, 0.25) is 5.91 Å². The summed E-state index contributed by atoms with van der Waals surface area (Å²) in [6.07, 6.45) is -0.0602. The molecule has 0 aliphatic rings. The molecule has 52 valence electrons. The minimum absolute atomic E-state index is 0.0602. The van der Waals surface area contributed by atoms with Gasteiger partial charge in [0, 0.05) is 6.42 Å². The molecular formula is C5H10N2O2. The molecule has 0 aliphatic heterocycles. The number of rotatable bonds is 3. The van der Waals surface area contributed by atoms with Crippen molar-refractivity contribution in [2.75, 3.05) is 0 Å². The lowest BCUT2D eigenvalue weighted by Crippen LogP contribution is -2.33. The minimum atomic E-state index is -0.720. The van der Waals surface area contributed by atoms with Crippen LogP contribution >= 0.6 is 0 Å². The molecule has 0 unspecified atom stereocenters. The quantitative estimate of drug-likeness (QED) is 0.502. The van der Waals surface area contributed by atoms with E-state index in [0.717, 1.165) is 0 Å². The van der Waals surface area contributed by atoms with Crippen LogP contribution in [0.15, 0.2) is 0 Å². The molecule has 1 amide bonds. The molecule has 9 heavy (non-hydrogen) atoms. The molecule has 0 bridgehead atoms. The maximum Gasteiger partial charge on any atom is 0.219 e. The first-order valence-corrected chi connectivity index (χ1v) is 2.58. The van der Waals surface area contributed by atoms with Crippen LogP contribution in [0, 0.1) is 0 Å². The van der Waals surface area contributed by atoms with Crippen LogP contribution in [-0.2, 0) is 9.59 Å². The summed E-state index contributed by atoms with van der Waals surface area (Å²) in [6.45, 7) is 1.33. The third-order valence-corrected chi connectivity index (χ3v) is 0.943. The highest BCUT2D eigenvalue weighted by molar-refractivity contribution is 5.87. The maximum atomic E-state index is 10.3. The number of hydrogen-bond donors (Lipinski definition) is 2. The molecule has 0 rings (SSSR count). The lowest BCUT2D eigenvalue weighted by atomic mass is 10.1. The van der Waals surface area contributed by atoms with E-state index in [9.17, 15) is 9.59 Å². The SMILES string of the molecule is CC(=O)[C@H](N)CC(N)=O. The molecule has 0 aromatic rings. The number of carbonyl (C=O) groups excluding carboxylic acids is 2. The van der Waals surface area contributed by atoms with Gasteiger partial charge >= 0.3 is 0 Å². The molecule has 0 spiro atoms. The Balaban J connectivity index is 3.63. The average molecular weight is 130 g/mol. The van der Waals surface area contributed by atoms with Gasteiger partial charge in [0.15, 0.2) is 0 Å². The van der Waals surface area contributed by atoms with Crippen molar-refractivity contribution in [1.82, 2.24) is 0 Å². The van der Waals surface area contributed by atoms with Crippen LogP contribution in [0.1, 0.15) is 13.3 Å². The average Bonchev–Trinajstić information content (AvgIpc) is 1.63. The Kier molecular flexibility index (Phi) is 2.87. The van der Waals surface area contributed by atoms with Gasteiger partial charge in [-0.1, -0.05) is 0 Å². The fourth-order valence-corrected chi connectivity index (χ4v) is 0.360. The summed E-state index contributed by atoms with van der Waals surface area (Å²) in [5.74, 6) is -0.758. The van der Waals surface area contributed by atoms with E-state index in [4.69, 9.17) is 11.5 Å². The Morgan fingerprint density at radius 3 is 2.11 bits per heavy atom. The van der Waals surface area contributed by atoms with E-state index < -0.39 is 11.9 Å². The second kappa shape index (κ2) is 3.19. The van der Waals surface area contributed by atoms with E-state index in [1.165, 1.54) is 6.92 Å². The van der Waals surface area contributed by atoms with Crippen molar-refractivity contribution < 1.29 is 9.59 Å². The van der Waals surface area contributed by atoms with Crippen LogP contribution in [0.4, 0.5) is 0 Å². The minimum Gasteiger partial charge on any atom is -0.370 e. The van der Waals surface area contributed by atoms with Gasteiger partial charge in [-0.2, -0.15) is 0 Å². The molecule has 0 aromatic heterocycles. The Labute approximate surface area is 53.2 Å². The molecule has 0 saturated carbocycles. The molecule has 0 saturated heterocycles. The molecule has 1 atom stereocenters. The zero-order chi connectivity index (χ0) is 7.44. The standard InChI is InChI=1S/C5H10N2O2/c1-3(8)4(6)2-5(7)9/h4H,2,6H2,1H3,(H2,7,9)/t4-/m1/s1. The van der Waals surface area contributed by atoms with E-state index in [-0.39, 0.29) is 12.2 Å². The van der Waals surface area contributed by atoms with Gasteiger partial charge in [0.1, 0.15) is 5.78 Å². The first kappa shape index (κ1) is 8.10. The summed E-state index contributed by atoms with van der Waals surface area (Å²) in [6, 6.07) is -0.720. The van der Waals surface area contributed by atoms with Gasteiger partial charge in [0.05, 0.1) is 6.04 Å². The number of Topliss-reactive ketones (excluding diaryl/α,β-unsaturated/α-hetero) is 1. The Bertz CT molecular complexity index is 133. The topological polar surface area (TPSA) is 86.2 Å². The van der Waals surface area contributed by atoms with Crippen LogP contribution < -0.4 is 11.5 Å². The zero-order valence-corrected chi connectivity index (χ0v) is 5.26. The van der Waals surface area contributed by atoms with Crippen molar-refractivity contribution in [3.8, 4) is 0 Å². The van der Waals surface area contributed by atoms with Crippen molar-refractivity contribution >= 4 is 11.7 Å². The van der Waals surface area contributed by atoms with Crippen LogP contribution in [0.5, 0.6) is 0 Å². The summed E-state index contributed by atoms with van der Waals surface area (Å²) in [4.78, 5) is 20.5. The lowest BCUT2D eigenvalue weighted by molar-refractivity contribution is -0.123. The number of nitrogens with two attached hydrogens (primary N) is 2. The molecule has 4 N–H and O–H groups in total. The predicted molar refractivity (Wildman–Crippen MR) is 32.5 cm³/mol. The first-order valence-electron chi connectivity index (χ1n) is 2.58. The largest absolute Gasteiger partial charge is 0.370 e. The Morgan fingerprint density at radius 2 is 2.00 bits per heavy atom. The van der Waals surface area contributed by atoms with Crippen molar-refractivity contribution in [2.45, 2.75) is 19.4 Å². The molecule has 0 heterocycles. The molecule has 4 nitrogen and oxygen atoms in total. The molecular weight excluding hydrogens is 120 g/mol. The van der Waals surface area contributed by atoms with Gasteiger partial charge < -0.3 is 11.5 Å². The summed E-state index contributed by atoms with van der Waals surface area (Å²) >= 11 is 0. The predicted octanol–water partition coefficient (Wildman–Crippen LogP) is -1.22. The van der Waals surface area contributed by atoms with Gasteiger partial charge in [-0.15, -0.1) is 0 Å². The van der Waals surface area contributed by atoms with Crippen LogP contribution in [0.3, 0.4) is 0 Å². The van der Waals surface area contributed by atoms with E-state index in [1.807, 2.05) is 0 Å². The number of amides is 1. The van der Waals surface area contributed by atoms with Gasteiger partial charge in [-0.25, -0.2) is 0 Å². The van der Waals surface area contributed by atoms with Gasteiger partial charge in [-0.05, 0) is 6.92 Å². The van der Waals surface area contributed by atoms with Crippen molar-refractivity contribution in [2.24, 2.45) is 11.5 Å². The lowest BCUT2D eigenvalue weighted by Gasteiger charge is -2.01. The first-order chi connectivity index (χ1) is 4.04. The molecule has 0 aromatic carbocycles. The van der Waals surface area contributed by atoms with Crippen LogP contribution in [0.2, 0.25) is 0 Å². The highest BCUT2D eigenvalue weighted by Gasteiger charge is 2.09. The second-order valence-corrected chi connectivity index (χ2v) is 1.89. The van der Waals surface area contributed by atoms with Crippen molar-refractivity contribution in [1.29, 1.82) is 0 Å². The van der Waals surface area contributed by atoms with Gasteiger partial charge in [-0.3, -0.25) is 9.59 Å².